The second kappa shape index (κ2) is 7.50. The molecule has 0 radical (unpaired) electrons. The Labute approximate surface area is 157 Å². The van der Waals surface area contributed by atoms with Gasteiger partial charge in [-0.3, -0.25) is 4.90 Å². The summed E-state index contributed by atoms with van der Waals surface area (Å²) in [4.78, 5) is 10.3. The SMILES string of the molecule is Oc1ccccc1CN1CCOC[C@H]1c1ncc(-c2cccc(Cl)c2)[nH]1. The number of aromatic nitrogens is 2. The molecular formula is C20H20ClN3O2. The van der Waals surface area contributed by atoms with Crippen LogP contribution in [0.5, 0.6) is 5.75 Å². The largest absolute Gasteiger partial charge is 0.508 e. The number of H-pyrrole nitrogens is 1. The van der Waals surface area contributed by atoms with Gasteiger partial charge < -0.3 is 14.8 Å². The van der Waals surface area contributed by atoms with Crippen LogP contribution in [-0.4, -0.2) is 39.7 Å². The van der Waals surface area contributed by atoms with Gasteiger partial charge in [0.1, 0.15) is 11.6 Å². The summed E-state index contributed by atoms with van der Waals surface area (Å²) in [6, 6.07) is 15.1. The van der Waals surface area contributed by atoms with E-state index in [0.717, 1.165) is 29.2 Å². The molecular weight excluding hydrogens is 350 g/mol. The fourth-order valence-corrected chi connectivity index (χ4v) is 3.44. The normalized spacial score (nSPS) is 18.1. The zero-order valence-corrected chi connectivity index (χ0v) is 15.0. The van der Waals surface area contributed by atoms with E-state index >= 15 is 0 Å². The molecule has 2 heterocycles. The summed E-state index contributed by atoms with van der Waals surface area (Å²) in [5.41, 5.74) is 2.83. The third kappa shape index (κ3) is 3.60. The number of hydrogen-bond acceptors (Lipinski definition) is 4. The highest BCUT2D eigenvalue weighted by molar-refractivity contribution is 6.30. The first kappa shape index (κ1) is 17.1. The number of hydrogen-bond donors (Lipinski definition) is 2. The molecule has 0 spiro atoms. The van der Waals surface area contributed by atoms with Crippen molar-refractivity contribution in [2.24, 2.45) is 0 Å². The smallest absolute Gasteiger partial charge is 0.126 e. The number of para-hydroxylation sites is 1. The predicted molar refractivity (Wildman–Crippen MR) is 101 cm³/mol. The van der Waals surface area contributed by atoms with Crippen molar-refractivity contribution in [2.45, 2.75) is 12.6 Å². The molecule has 6 heteroatoms. The third-order valence-electron chi connectivity index (χ3n) is 4.65. The minimum atomic E-state index is 0.0105. The Morgan fingerprint density at radius 2 is 2.12 bits per heavy atom. The maximum Gasteiger partial charge on any atom is 0.126 e. The second-order valence-corrected chi connectivity index (χ2v) is 6.82. The van der Waals surface area contributed by atoms with Crippen LogP contribution >= 0.6 is 11.6 Å². The number of aromatic hydroxyl groups is 1. The lowest BCUT2D eigenvalue weighted by atomic mass is 10.1. The number of phenols is 1. The van der Waals surface area contributed by atoms with Gasteiger partial charge >= 0.3 is 0 Å². The fourth-order valence-electron chi connectivity index (χ4n) is 3.25. The zero-order valence-electron chi connectivity index (χ0n) is 14.2. The maximum absolute atomic E-state index is 10.1. The quantitative estimate of drug-likeness (QED) is 0.729. The van der Waals surface area contributed by atoms with E-state index in [4.69, 9.17) is 16.3 Å². The van der Waals surface area contributed by atoms with E-state index < -0.39 is 0 Å². The van der Waals surface area contributed by atoms with Crippen LogP contribution < -0.4 is 0 Å². The molecule has 0 saturated carbocycles. The molecule has 26 heavy (non-hydrogen) atoms. The van der Waals surface area contributed by atoms with E-state index in [1.54, 1.807) is 6.07 Å². The van der Waals surface area contributed by atoms with Crippen molar-refractivity contribution in [2.75, 3.05) is 19.8 Å². The number of benzene rings is 2. The first-order valence-corrected chi connectivity index (χ1v) is 8.98. The second-order valence-electron chi connectivity index (χ2n) is 6.38. The number of imidazole rings is 1. The highest BCUT2D eigenvalue weighted by atomic mass is 35.5. The molecule has 2 N–H and O–H groups in total. The topological polar surface area (TPSA) is 61.4 Å². The average Bonchev–Trinajstić information content (AvgIpc) is 3.14. The maximum atomic E-state index is 10.1. The molecule has 1 atom stereocenters. The fraction of sp³-hybridized carbons (Fsp3) is 0.250. The van der Waals surface area contributed by atoms with Crippen LogP contribution in [0.15, 0.2) is 54.7 Å². The summed E-state index contributed by atoms with van der Waals surface area (Å²) < 4.78 is 5.68. The molecule has 1 aliphatic rings. The van der Waals surface area contributed by atoms with Crippen molar-refractivity contribution in [3.63, 3.8) is 0 Å². The summed E-state index contributed by atoms with van der Waals surface area (Å²) in [6.07, 6.45) is 1.83. The summed E-state index contributed by atoms with van der Waals surface area (Å²) >= 11 is 6.09. The standard InChI is InChI=1S/C20H20ClN3O2/c21-16-6-3-5-14(10-16)17-11-22-20(23-17)18-13-26-9-8-24(18)12-15-4-1-2-7-19(15)25/h1-7,10-11,18,25H,8-9,12-13H2,(H,22,23)/t18-/m0/s1. The highest BCUT2D eigenvalue weighted by Crippen LogP contribution is 2.29. The number of aromatic amines is 1. The van der Waals surface area contributed by atoms with Crippen LogP contribution in [0.1, 0.15) is 17.4 Å². The van der Waals surface area contributed by atoms with Crippen LogP contribution in [-0.2, 0) is 11.3 Å². The molecule has 0 amide bonds. The van der Waals surface area contributed by atoms with Crippen LogP contribution in [0.4, 0.5) is 0 Å². The summed E-state index contributed by atoms with van der Waals surface area (Å²) in [6.45, 7) is 2.67. The van der Waals surface area contributed by atoms with Crippen molar-refractivity contribution in [1.82, 2.24) is 14.9 Å². The number of halogens is 1. The lowest BCUT2D eigenvalue weighted by molar-refractivity contribution is -0.0158. The molecule has 134 valence electrons. The highest BCUT2D eigenvalue weighted by Gasteiger charge is 2.27. The van der Waals surface area contributed by atoms with Crippen molar-refractivity contribution in [3.05, 3.63) is 71.1 Å². The molecule has 0 unspecified atom stereocenters. The number of morpholine rings is 1. The average molecular weight is 370 g/mol. The van der Waals surface area contributed by atoms with Crippen LogP contribution in [0.3, 0.4) is 0 Å². The van der Waals surface area contributed by atoms with Crippen LogP contribution in [0.25, 0.3) is 11.3 Å². The number of rotatable bonds is 4. The zero-order chi connectivity index (χ0) is 17.9. The molecule has 3 aromatic rings. The monoisotopic (exact) mass is 369 g/mol. The minimum absolute atomic E-state index is 0.0105. The Morgan fingerprint density at radius 1 is 1.23 bits per heavy atom. The lowest BCUT2D eigenvalue weighted by Crippen LogP contribution is -2.39. The first-order chi connectivity index (χ1) is 12.7. The third-order valence-corrected chi connectivity index (χ3v) is 4.89. The van der Waals surface area contributed by atoms with Gasteiger partial charge in [-0.2, -0.15) is 0 Å². The van der Waals surface area contributed by atoms with Crippen LogP contribution in [0.2, 0.25) is 5.02 Å². The number of nitrogens with one attached hydrogen (secondary N) is 1. The van der Waals surface area contributed by atoms with Crippen LogP contribution in [0, 0.1) is 0 Å². The van der Waals surface area contributed by atoms with Crippen molar-refractivity contribution in [1.29, 1.82) is 0 Å². The molecule has 0 bridgehead atoms. The number of nitrogens with zero attached hydrogens (tertiary/aromatic N) is 2. The van der Waals surface area contributed by atoms with Gasteiger partial charge in [0.25, 0.3) is 0 Å². The lowest BCUT2D eigenvalue weighted by Gasteiger charge is -2.34. The molecule has 1 aliphatic heterocycles. The Kier molecular flexibility index (Phi) is 4.93. The van der Waals surface area contributed by atoms with E-state index in [0.29, 0.717) is 30.5 Å². The van der Waals surface area contributed by atoms with Gasteiger partial charge in [0.15, 0.2) is 0 Å². The van der Waals surface area contributed by atoms with Crippen molar-refractivity contribution < 1.29 is 9.84 Å². The number of phenolic OH excluding ortho intramolecular Hbond substituents is 1. The predicted octanol–water partition coefficient (Wildman–Crippen LogP) is 4.01. The van der Waals surface area contributed by atoms with Gasteiger partial charge in [-0.1, -0.05) is 41.9 Å². The molecule has 2 aromatic carbocycles. The minimum Gasteiger partial charge on any atom is -0.508 e. The van der Waals surface area contributed by atoms with E-state index in [9.17, 15) is 5.11 Å². The van der Waals surface area contributed by atoms with E-state index in [1.807, 2.05) is 48.7 Å². The molecule has 4 rings (SSSR count). The van der Waals surface area contributed by atoms with E-state index in [1.165, 1.54) is 0 Å². The summed E-state index contributed by atoms with van der Waals surface area (Å²) in [7, 11) is 0. The van der Waals surface area contributed by atoms with E-state index in [2.05, 4.69) is 14.9 Å². The summed E-state index contributed by atoms with van der Waals surface area (Å²) in [5.74, 6) is 1.17. The first-order valence-electron chi connectivity index (χ1n) is 8.60. The van der Waals surface area contributed by atoms with Gasteiger partial charge in [0.2, 0.25) is 0 Å². The Morgan fingerprint density at radius 3 is 2.96 bits per heavy atom. The summed E-state index contributed by atoms with van der Waals surface area (Å²) in [5, 5.41) is 10.8. The molecule has 5 nitrogen and oxygen atoms in total. The molecule has 1 fully saturated rings. The molecule has 1 aromatic heterocycles. The van der Waals surface area contributed by atoms with Gasteiger partial charge in [-0.05, 0) is 18.2 Å². The Bertz CT molecular complexity index is 896. The Balaban J connectivity index is 1.58. The Hall–Kier alpha value is -2.34. The number of ether oxygens (including phenoxy) is 1. The van der Waals surface area contributed by atoms with Gasteiger partial charge in [0, 0.05) is 29.2 Å². The molecule has 1 saturated heterocycles. The van der Waals surface area contributed by atoms with Gasteiger partial charge in [0.05, 0.1) is 31.1 Å². The van der Waals surface area contributed by atoms with Crippen molar-refractivity contribution in [3.8, 4) is 17.0 Å². The van der Waals surface area contributed by atoms with Crippen molar-refractivity contribution >= 4 is 11.6 Å². The van der Waals surface area contributed by atoms with E-state index in [-0.39, 0.29) is 6.04 Å². The van der Waals surface area contributed by atoms with Gasteiger partial charge in [-0.15, -0.1) is 0 Å². The molecule has 0 aliphatic carbocycles. The van der Waals surface area contributed by atoms with Gasteiger partial charge in [-0.25, -0.2) is 4.98 Å².